The zero-order valence-electron chi connectivity index (χ0n) is 16.7. The summed E-state index contributed by atoms with van der Waals surface area (Å²) in [7, 11) is 0. The highest BCUT2D eigenvalue weighted by Gasteiger charge is 2.50. The van der Waals surface area contributed by atoms with E-state index in [1.54, 1.807) is 0 Å². The summed E-state index contributed by atoms with van der Waals surface area (Å²) in [6.07, 6.45) is 3.25. The van der Waals surface area contributed by atoms with Crippen molar-refractivity contribution in [2.45, 2.75) is 38.8 Å². The van der Waals surface area contributed by atoms with E-state index in [4.69, 9.17) is 16.3 Å². The van der Waals surface area contributed by atoms with Crippen LogP contribution in [-0.4, -0.2) is 45.7 Å². The molecule has 0 aromatic heterocycles. The molecule has 164 valence electrons. The number of benzene rings is 1. The summed E-state index contributed by atoms with van der Waals surface area (Å²) in [5, 5.41) is 13.3. The number of hydrogen-bond acceptors (Lipinski definition) is 7. The normalized spacial score (nSPS) is 22.0. The summed E-state index contributed by atoms with van der Waals surface area (Å²) in [6.45, 7) is 2.66. The second-order valence-corrected chi connectivity index (χ2v) is 7.78. The summed E-state index contributed by atoms with van der Waals surface area (Å²) >= 11 is 5.95. The molecular weight excluding hydrogens is 430 g/mol. The van der Waals surface area contributed by atoms with Gasteiger partial charge in [0.1, 0.15) is 6.04 Å². The Morgan fingerprint density at radius 3 is 2.32 bits per heavy atom. The Morgan fingerprint density at radius 2 is 1.77 bits per heavy atom. The number of nitro groups is 1. The fourth-order valence-electron chi connectivity index (χ4n) is 3.60. The van der Waals surface area contributed by atoms with E-state index >= 15 is 0 Å². The van der Waals surface area contributed by atoms with Crippen molar-refractivity contribution in [2.75, 3.05) is 5.32 Å². The average Bonchev–Trinajstić information content (AvgIpc) is 2.99. The van der Waals surface area contributed by atoms with Crippen LogP contribution in [0.1, 0.15) is 26.7 Å². The predicted octanol–water partition coefficient (Wildman–Crippen LogP) is 2.46. The molecule has 2 aliphatic rings. The number of nitrogens with one attached hydrogen (secondary N) is 1. The minimum absolute atomic E-state index is 0.0155. The Bertz CT molecular complexity index is 967. The van der Waals surface area contributed by atoms with Gasteiger partial charge in [-0.1, -0.05) is 23.8 Å². The number of imide groups is 1. The molecule has 1 fully saturated rings. The van der Waals surface area contributed by atoms with Gasteiger partial charge in [0.15, 0.2) is 6.10 Å². The van der Waals surface area contributed by atoms with Gasteiger partial charge in [-0.3, -0.25) is 29.4 Å². The maximum atomic E-state index is 12.6. The molecule has 1 aliphatic heterocycles. The minimum atomic E-state index is -1.30. The Labute approximate surface area is 182 Å². The second-order valence-electron chi connectivity index (χ2n) is 7.37. The number of allylic oxidation sites excluding steroid dienone is 2. The van der Waals surface area contributed by atoms with Crippen LogP contribution >= 0.6 is 11.6 Å². The first-order chi connectivity index (χ1) is 14.6. The molecule has 3 rings (SSSR count). The Hall–Kier alpha value is -3.27. The molecule has 3 amide bonds. The highest BCUT2D eigenvalue weighted by atomic mass is 35.5. The van der Waals surface area contributed by atoms with Crippen LogP contribution in [0.3, 0.4) is 0 Å². The van der Waals surface area contributed by atoms with Gasteiger partial charge in [-0.2, -0.15) is 0 Å². The van der Waals surface area contributed by atoms with Gasteiger partial charge in [-0.25, -0.2) is 4.79 Å². The fraction of sp³-hybridized carbons (Fsp3) is 0.400. The van der Waals surface area contributed by atoms with Gasteiger partial charge in [-0.05, 0) is 32.8 Å². The molecule has 1 heterocycles. The van der Waals surface area contributed by atoms with E-state index in [2.05, 4.69) is 5.32 Å². The molecule has 10 nitrogen and oxygen atoms in total. The summed E-state index contributed by atoms with van der Waals surface area (Å²) in [4.78, 5) is 61.3. The number of carbonyl (C=O) groups excluding carboxylic acids is 4. The molecule has 0 radical (unpaired) electrons. The molecule has 31 heavy (non-hydrogen) atoms. The topological polar surface area (TPSA) is 136 Å². The number of fused-ring (bicyclic) bond motifs is 1. The molecule has 1 aliphatic carbocycles. The number of likely N-dealkylation sites (tertiary alicyclic amines) is 1. The van der Waals surface area contributed by atoms with Crippen LogP contribution in [-0.2, 0) is 23.9 Å². The van der Waals surface area contributed by atoms with Crippen LogP contribution in [0.4, 0.5) is 11.4 Å². The summed E-state index contributed by atoms with van der Waals surface area (Å²) in [6, 6.07) is 2.32. The van der Waals surface area contributed by atoms with Crippen LogP contribution in [0.15, 0.2) is 30.4 Å². The van der Waals surface area contributed by atoms with Gasteiger partial charge in [0.25, 0.3) is 11.6 Å². The summed E-state index contributed by atoms with van der Waals surface area (Å²) in [5.41, 5.74) is -0.293. The summed E-state index contributed by atoms with van der Waals surface area (Å²) in [5.74, 6) is -3.51. The van der Waals surface area contributed by atoms with Gasteiger partial charge in [0.2, 0.25) is 11.8 Å². The van der Waals surface area contributed by atoms with E-state index in [9.17, 15) is 29.3 Å². The largest absolute Gasteiger partial charge is 0.451 e. The lowest BCUT2D eigenvalue weighted by atomic mass is 9.85. The lowest BCUT2D eigenvalue weighted by Crippen LogP contribution is -2.46. The van der Waals surface area contributed by atoms with Crippen LogP contribution in [0.2, 0.25) is 5.02 Å². The monoisotopic (exact) mass is 449 g/mol. The quantitative estimate of drug-likeness (QED) is 0.231. The molecule has 0 unspecified atom stereocenters. The van der Waals surface area contributed by atoms with Crippen molar-refractivity contribution in [3.05, 3.63) is 45.5 Å². The highest BCUT2D eigenvalue weighted by molar-refractivity contribution is 6.33. The molecule has 11 heteroatoms. The molecule has 1 aromatic carbocycles. The third-order valence-electron chi connectivity index (χ3n) is 5.35. The van der Waals surface area contributed by atoms with E-state index in [0.717, 1.165) is 11.0 Å². The van der Waals surface area contributed by atoms with Crippen LogP contribution in [0.5, 0.6) is 0 Å². The number of esters is 1. The molecule has 1 N–H and O–H groups in total. The third-order valence-corrected chi connectivity index (χ3v) is 5.68. The van der Waals surface area contributed by atoms with Gasteiger partial charge >= 0.3 is 5.97 Å². The van der Waals surface area contributed by atoms with Crippen molar-refractivity contribution in [3.8, 4) is 0 Å². The molecule has 1 saturated heterocycles. The number of hydrogen-bond donors (Lipinski definition) is 1. The van der Waals surface area contributed by atoms with Gasteiger partial charge in [0, 0.05) is 12.1 Å². The lowest BCUT2D eigenvalue weighted by molar-refractivity contribution is -0.384. The molecule has 0 saturated carbocycles. The zero-order valence-corrected chi connectivity index (χ0v) is 17.5. The van der Waals surface area contributed by atoms with Gasteiger partial charge in [-0.15, -0.1) is 0 Å². The first-order valence-corrected chi connectivity index (χ1v) is 9.96. The van der Waals surface area contributed by atoms with Crippen LogP contribution in [0, 0.1) is 22.0 Å². The maximum Gasteiger partial charge on any atom is 0.329 e. The average molecular weight is 450 g/mol. The molecular formula is C20H20ClN3O7. The lowest BCUT2D eigenvalue weighted by Gasteiger charge is -2.23. The molecule has 1 aromatic rings. The number of rotatable bonds is 6. The van der Waals surface area contributed by atoms with Gasteiger partial charge < -0.3 is 10.1 Å². The second kappa shape index (κ2) is 8.84. The van der Waals surface area contributed by atoms with Crippen molar-refractivity contribution in [1.82, 2.24) is 4.90 Å². The Morgan fingerprint density at radius 1 is 1.19 bits per heavy atom. The number of halogens is 1. The van der Waals surface area contributed by atoms with E-state index in [1.807, 2.05) is 12.2 Å². The van der Waals surface area contributed by atoms with Crippen molar-refractivity contribution < 1.29 is 28.8 Å². The van der Waals surface area contributed by atoms with E-state index in [0.29, 0.717) is 12.8 Å². The van der Waals surface area contributed by atoms with Crippen molar-refractivity contribution >= 4 is 46.7 Å². The smallest absolute Gasteiger partial charge is 0.329 e. The standard InChI is InChI=1S/C20H20ClN3O7/c1-10(23-18(26)13-5-3-4-6-14(13)19(23)27)20(28)31-11(2)17(25)22-16-9-12(24(29)30)7-8-15(16)21/h3-4,7-11,13-14H,5-6H2,1-2H3,(H,22,25)/t10-,11-,13-,14-/m0/s1. The van der Waals surface area contributed by atoms with Gasteiger partial charge in [0.05, 0.1) is 27.5 Å². The number of anilines is 1. The first kappa shape index (κ1) is 22.4. The van der Waals surface area contributed by atoms with E-state index in [1.165, 1.54) is 26.0 Å². The maximum absolute atomic E-state index is 12.6. The van der Waals surface area contributed by atoms with Crippen molar-refractivity contribution in [3.63, 3.8) is 0 Å². The predicted molar refractivity (Wildman–Crippen MR) is 109 cm³/mol. The minimum Gasteiger partial charge on any atom is -0.451 e. The zero-order chi connectivity index (χ0) is 22.9. The SMILES string of the molecule is C[C@H](OC(=O)[C@H](C)N1C(=O)[C@H]2CC=CC[C@@H]2C1=O)C(=O)Nc1cc([N+](=O)[O-])ccc1Cl. The number of nitrogens with zero attached hydrogens (tertiary/aromatic N) is 2. The highest BCUT2D eigenvalue weighted by Crippen LogP contribution is 2.36. The summed E-state index contributed by atoms with van der Waals surface area (Å²) < 4.78 is 5.14. The van der Waals surface area contributed by atoms with E-state index < -0.39 is 52.6 Å². The number of nitro benzene ring substituents is 1. The fourth-order valence-corrected chi connectivity index (χ4v) is 3.76. The number of amides is 3. The number of carbonyl (C=O) groups is 4. The van der Waals surface area contributed by atoms with Crippen molar-refractivity contribution in [1.29, 1.82) is 0 Å². The Balaban J connectivity index is 1.64. The van der Waals surface area contributed by atoms with Crippen molar-refractivity contribution in [2.24, 2.45) is 11.8 Å². The Kier molecular flexibility index (Phi) is 6.40. The van der Waals surface area contributed by atoms with Crippen LogP contribution < -0.4 is 5.32 Å². The molecule has 4 atom stereocenters. The first-order valence-electron chi connectivity index (χ1n) is 9.59. The molecule has 0 spiro atoms. The number of non-ortho nitro benzene ring substituents is 1. The van der Waals surface area contributed by atoms with E-state index in [-0.39, 0.29) is 16.4 Å². The number of ether oxygens (including phenoxy) is 1. The molecule has 0 bridgehead atoms. The third kappa shape index (κ3) is 4.43. The van der Waals surface area contributed by atoms with Crippen LogP contribution in [0.25, 0.3) is 0 Å².